The molecule has 0 radical (unpaired) electrons. The molecule has 1 rings (SSSR count). The molecule has 0 aliphatic carbocycles. The van der Waals surface area contributed by atoms with Gasteiger partial charge in [0.25, 0.3) is 0 Å². The lowest BCUT2D eigenvalue weighted by atomic mass is 10.0. The van der Waals surface area contributed by atoms with Crippen molar-refractivity contribution in [3.8, 4) is 0 Å². The first kappa shape index (κ1) is 20.7. The van der Waals surface area contributed by atoms with Crippen molar-refractivity contribution < 1.29 is 44.3 Å². The number of rotatable bonds is 6. The van der Waals surface area contributed by atoms with Gasteiger partial charge >= 0.3 is 23.9 Å². The van der Waals surface area contributed by atoms with Crippen LogP contribution in [0.1, 0.15) is 16.8 Å². The van der Waals surface area contributed by atoms with Crippen LogP contribution in [0, 0.1) is 0 Å². The number of carbonyl (C=O) groups excluding carboxylic acids is 1. The first-order chi connectivity index (χ1) is 10.7. The monoisotopic (exact) mass is 384 g/mol. The summed E-state index contributed by atoms with van der Waals surface area (Å²) < 4.78 is 113. The molecule has 11 heteroatoms. The van der Waals surface area contributed by atoms with Gasteiger partial charge in [-0.15, -0.1) is 0 Å². The van der Waals surface area contributed by atoms with Gasteiger partial charge in [-0.1, -0.05) is 42.1 Å². The van der Waals surface area contributed by atoms with Crippen molar-refractivity contribution in [1.82, 2.24) is 0 Å². The minimum atomic E-state index is -6.91. The van der Waals surface area contributed by atoms with E-state index in [1.165, 1.54) is 30.3 Å². The van der Waals surface area contributed by atoms with Crippen LogP contribution >= 0.6 is 11.8 Å². The van der Waals surface area contributed by atoms with Gasteiger partial charge in [-0.05, 0) is 0 Å². The second kappa shape index (κ2) is 6.85. The molecule has 0 aromatic heterocycles. The molecule has 0 N–H and O–H groups in total. The van der Waals surface area contributed by atoms with Crippen molar-refractivity contribution in [1.29, 1.82) is 0 Å². The molecule has 0 atom stereocenters. The van der Waals surface area contributed by atoms with E-state index in [9.17, 15) is 44.3 Å². The molecule has 1 aromatic carbocycles. The third-order valence-corrected chi connectivity index (χ3v) is 3.77. The van der Waals surface area contributed by atoms with Crippen LogP contribution in [-0.4, -0.2) is 34.8 Å². The van der Waals surface area contributed by atoms with Gasteiger partial charge in [-0.3, -0.25) is 4.79 Å². The topological polar surface area (TPSA) is 17.1 Å². The van der Waals surface area contributed by atoms with Gasteiger partial charge in [-0.25, -0.2) is 0 Å². The normalized spacial score (nSPS) is 13.9. The summed E-state index contributed by atoms with van der Waals surface area (Å²) in [5.41, 5.74) is 0.0400. The highest BCUT2D eigenvalue weighted by atomic mass is 32.2. The highest BCUT2D eigenvalue weighted by Gasteiger charge is 2.81. The van der Waals surface area contributed by atoms with Crippen molar-refractivity contribution in [2.24, 2.45) is 0 Å². The van der Waals surface area contributed by atoms with E-state index in [2.05, 4.69) is 0 Å². The minimum Gasteiger partial charge on any atom is -0.282 e. The largest absolute Gasteiger partial charge is 0.460 e. The zero-order chi connectivity index (χ0) is 18.8. The number of alkyl halides is 9. The molecule has 0 amide bonds. The fraction of sp³-hybridized carbons (Fsp3) is 0.462. The second-order valence-corrected chi connectivity index (χ2v) is 5.67. The fourth-order valence-electron chi connectivity index (χ4n) is 1.49. The lowest BCUT2D eigenvalue weighted by molar-refractivity contribution is -0.396. The average molecular weight is 384 g/mol. The molecule has 1 aromatic rings. The summed E-state index contributed by atoms with van der Waals surface area (Å²) in [7, 11) is 0. The number of hydrogen-bond donors (Lipinski definition) is 0. The molecule has 0 fully saturated rings. The minimum absolute atomic E-state index is 0.0400. The molecule has 0 saturated heterocycles. The smallest absolute Gasteiger partial charge is 0.282 e. The van der Waals surface area contributed by atoms with E-state index >= 15 is 0 Å². The summed E-state index contributed by atoms with van der Waals surface area (Å²) in [6.07, 6.45) is -8.87. The van der Waals surface area contributed by atoms with Crippen LogP contribution in [0.4, 0.5) is 39.5 Å². The molecule has 0 heterocycles. The Bertz CT molecular complexity index is 569. The number of hydrogen-bond acceptors (Lipinski definition) is 2. The Morgan fingerprint density at radius 3 is 1.79 bits per heavy atom. The predicted octanol–water partition coefficient (Wildman–Crippen LogP) is 5.42. The Kier molecular flexibility index (Phi) is 5.89. The zero-order valence-corrected chi connectivity index (χ0v) is 12.3. The summed E-state index contributed by atoms with van der Waals surface area (Å²) in [6, 6.07) is 6.98. The van der Waals surface area contributed by atoms with Gasteiger partial charge in [0.05, 0.1) is 0 Å². The molecule has 136 valence electrons. The molecular weight excluding hydrogens is 375 g/mol. The van der Waals surface area contributed by atoms with Crippen molar-refractivity contribution >= 4 is 16.9 Å². The van der Waals surface area contributed by atoms with Gasteiger partial charge in [0.2, 0.25) is 5.12 Å². The third kappa shape index (κ3) is 3.98. The van der Waals surface area contributed by atoms with E-state index in [4.69, 9.17) is 0 Å². The predicted molar refractivity (Wildman–Crippen MR) is 68.7 cm³/mol. The Labute approximate surface area is 134 Å². The molecule has 0 saturated carbocycles. The number of carbonyl (C=O) groups is 1. The van der Waals surface area contributed by atoms with E-state index in [1.807, 2.05) is 0 Å². The first-order valence-corrected chi connectivity index (χ1v) is 7.15. The van der Waals surface area contributed by atoms with E-state index in [-0.39, 0.29) is 17.3 Å². The fourth-order valence-corrected chi connectivity index (χ4v) is 2.34. The van der Waals surface area contributed by atoms with E-state index in [1.54, 1.807) is 0 Å². The first-order valence-electron chi connectivity index (χ1n) is 6.16. The van der Waals surface area contributed by atoms with Gasteiger partial charge in [0, 0.05) is 17.7 Å². The molecule has 0 unspecified atom stereocenters. The Morgan fingerprint density at radius 2 is 1.33 bits per heavy atom. The number of benzene rings is 1. The maximum atomic E-state index is 13.2. The summed E-state index contributed by atoms with van der Waals surface area (Å²) in [6.45, 7) is 0. The summed E-state index contributed by atoms with van der Waals surface area (Å²) in [5, 5.41) is -0.808. The van der Waals surface area contributed by atoms with Crippen LogP contribution in [0.2, 0.25) is 0 Å². The Balaban J connectivity index is 2.77. The highest BCUT2D eigenvalue weighted by Crippen LogP contribution is 2.54. The standard InChI is InChI=1S/C13H9F9OS/c14-10(15,11(16,17)12(18,19)13(20,21)22)6-7-24-9(23)8-4-2-1-3-5-8/h1-5H,6-7H2. The summed E-state index contributed by atoms with van der Waals surface area (Å²) >= 11 is 0.112. The Hall–Kier alpha value is -1.39. The van der Waals surface area contributed by atoms with Crippen molar-refractivity contribution in [3.05, 3.63) is 35.9 Å². The van der Waals surface area contributed by atoms with Crippen LogP contribution in [0.5, 0.6) is 0 Å². The van der Waals surface area contributed by atoms with Crippen molar-refractivity contribution in [3.63, 3.8) is 0 Å². The Morgan fingerprint density at radius 1 is 0.833 bits per heavy atom. The molecule has 24 heavy (non-hydrogen) atoms. The van der Waals surface area contributed by atoms with Crippen LogP contribution in [-0.2, 0) is 0 Å². The average Bonchev–Trinajstić information content (AvgIpc) is 2.46. The van der Waals surface area contributed by atoms with Crippen LogP contribution in [0.3, 0.4) is 0 Å². The zero-order valence-electron chi connectivity index (χ0n) is 11.5. The van der Waals surface area contributed by atoms with Gasteiger partial charge < -0.3 is 0 Å². The molecular formula is C13H9F9OS. The number of halogens is 9. The molecule has 0 aliphatic heterocycles. The molecule has 1 nitrogen and oxygen atoms in total. The van der Waals surface area contributed by atoms with Crippen molar-refractivity contribution in [2.75, 3.05) is 5.75 Å². The van der Waals surface area contributed by atoms with Gasteiger partial charge in [-0.2, -0.15) is 39.5 Å². The van der Waals surface area contributed by atoms with E-state index < -0.39 is 41.2 Å². The van der Waals surface area contributed by atoms with E-state index in [0.29, 0.717) is 0 Å². The van der Waals surface area contributed by atoms with Gasteiger partial charge in [0.15, 0.2) is 0 Å². The quantitative estimate of drug-likeness (QED) is 0.610. The van der Waals surface area contributed by atoms with E-state index in [0.717, 1.165) is 0 Å². The molecule has 0 aliphatic rings. The van der Waals surface area contributed by atoms with Crippen molar-refractivity contribution in [2.45, 2.75) is 30.4 Å². The van der Waals surface area contributed by atoms with Crippen LogP contribution in [0.25, 0.3) is 0 Å². The maximum Gasteiger partial charge on any atom is 0.460 e. The maximum absolute atomic E-state index is 13.2. The van der Waals surface area contributed by atoms with Crippen LogP contribution < -0.4 is 0 Å². The number of thioether (sulfide) groups is 1. The van der Waals surface area contributed by atoms with Gasteiger partial charge in [0.1, 0.15) is 0 Å². The third-order valence-electron chi connectivity index (χ3n) is 2.87. The second-order valence-electron chi connectivity index (χ2n) is 4.60. The lowest BCUT2D eigenvalue weighted by Gasteiger charge is -2.33. The highest BCUT2D eigenvalue weighted by molar-refractivity contribution is 8.14. The summed E-state index contributed by atoms with van der Waals surface area (Å²) in [5.74, 6) is -20.3. The SMILES string of the molecule is O=C(SCCC(F)(F)C(F)(F)C(F)(F)C(F)(F)F)c1ccccc1. The molecule has 0 spiro atoms. The van der Waals surface area contributed by atoms with Crippen LogP contribution in [0.15, 0.2) is 30.3 Å². The molecule has 0 bridgehead atoms. The lowest BCUT2D eigenvalue weighted by Crippen LogP contribution is -2.60. The summed E-state index contributed by atoms with van der Waals surface area (Å²) in [4.78, 5) is 11.5.